The molecule has 2 heterocycles. The summed E-state index contributed by atoms with van der Waals surface area (Å²) in [6, 6.07) is 9.82. The molecular weight excluding hydrogens is 302 g/mol. The topological polar surface area (TPSA) is 73.4 Å². The number of hydrogen-bond acceptors (Lipinski definition) is 5. The van der Waals surface area contributed by atoms with Gasteiger partial charge in [0.2, 0.25) is 5.95 Å². The fourth-order valence-corrected chi connectivity index (χ4v) is 3.14. The molecule has 0 saturated heterocycles. The van der Waals surface area contributed by atoms with Gasteiger partial charge >= 0.3 is 0 Å². The number of nitrogens with one attached hydrogen (secondary N) is 2. The van der Waals surface area contributed by atoms with Crippen LogP contribution in [0, 0.1) is 6.92 Å². The molecule has 1 aromatic heterocycles. The van der Waals surface area contributed by atoms with E-state index >= 15 is 0 Å². The lowest BCUT2D eigenvalue weighted by Crippen LogP contribution is -2.23. The first-order valence-electron chi connectivity index (χ1n) is 7.80. The second-order valence-electron chi connectivity index (χ2n) is 6.38. The predicted octanol–water partition coefficient (Wildman–Crippen LogP) is 2.79. The molecular formula is C18H21N5O. The van der Waals surface area contributed by atoms with Gasteiger partial charge in [-0.15, -0.1) is 0 Å². The molecule has 0 amide bonds. The Morgan fingerprint density at radius 3 is 2.79 bits per heavy atom. The van der Waals surface area contributed by atoms with Gasteiger partial charge in [0, 0.05) is 41.8 Å². The lowest BCUT2D eigenvalue weighted by atomic mass is 9.84. The van der Waals surface area contributed by atoms with Crippen molar-refractivity contribution in [2.45, 2.75) is 26.2 Å². The van der Waals surface area contributed by atoms with Crippen molar-refractivity contribution < 1.29 is 0 Å². The van der Waals surface area contributed by atoms with Crippen LogP contribution in [0.25, 0.3) is 0 Å². The largest absolute Gasteiger partial charge is 0.347 e. The van der Waals surface area contributed by atoms with Crippen molar-refractivity contribution in [1.82, 2.24) is 9.97 Å². The lowest BCUT2D eigenvalue weighted by molar-refractivity contribution is 0.641. The number of fused-ring (bicyclic) bond motifs is 1. The van der Waals surface area contributed by atoms with Gasteiger partial charge < -0.3 is 4.90 Å². The molecule has 1 aromatic carbocycles. The number of aromatic amines is 1. The molecule has 0 saturated carbocycles. The third-order valence-corrected chi connectivity index (χ3v) is 4.29. The zero-order valence-corrected chi connectivity index (χ0v) is 14.3. The van der Waals surface area contributed by atoms with Crippen LogP contribution < -0.4 is 15.9 Å². The Hall–Kier alpha value is -2.89. The molecule has 0 bridgehead atoms. The summed E-state index contributed by atoms with van der Waals surface area (Å²) >= 11 is 0. The van der Waals surface area contributed by atoms with E-state index in [2.05, 4.69) is 64.5 Å². The number of hydrogen-bond donors (Lipinski definition) is 2. The summed E-state index contributed by atoms with van der Waals surface area (Å²) in [4.78, 5) is 20.3. The Bertz CT molecular complexity index is 879. The highest BCUT2D eigenvalue weighted by molar-refractivity contribution is 5.79. The van der Waals surface area contributed by atoms with Crippen molar-refractivity contribution in [3.8, 4) is 0 Å². The van der Waals surface area contributed by atoms with Crippen LogP contribution in [0.4, 0.5) is 11.6 Å². The maximum absolute atomic E-state index is 11.4. The average Bonchev–Trinajstić information content (AvgIpc) is 2.71. The molecule has 124 valence electrons. The number of para-hydroxylation sites is 1. The van der Waals surface area contributed by atoms with Crippen molar-refractivity contribution in [3.05, 3.63) is 63.7 Å². The van der Waals surface area contributed by atoms with E-state index in [9.17, 15) is 4.79 Å². The van der Waals surface area contributed by atoms with E-state index in [1.807, 2.05) is 12.1 Å². The van der Waals surface area contributed by atoms with Gasteiger partial charge in [-0.3, -0.25) is 9.78 Å². The SMILES string of the molecule is Cc1cc(=O)[nH]c(NN=CC=C2N(C)c3ccccc3C2(C)C)n1. The van der Waals surface area contributed by atoms with Crippen LogP contribution in [0.5, 0.6) is 0 Å². The van der Waals surface area contributed by atoms with Gasteiger partial charge in [0.15, 0.2) is 0 Å². The Labute approximate surface area is 140 Å². The van der Waals surface area contributed by atoms with Crippen LogP contribution in [0.3, 0.4) is 0 Å². The van der Waals surface area contributed by atoms with Crippen molar-refractivity contribution in [1.29, 1.82) is 0 Å². The van der Waals surface area contributed by atoms with E-state index in [-0.39, 0.29) is 11.0 Å². The number of H-pyrrole nitrogens is 1. The first kappa shape index (κ1) is 16.0. The molecule has 6 nitrogen and oxygen atoms in total. The predicted molar refractivity (Wildman–Crippen MR) is 97.7 cm³/mol. The van der Waals surface area contributed by atoms with Crippen LogP contribution >= 0.6 is 0 Å². The number of allylic oxidation sites excluding steroid dienone is 2. The van der Waals surface area contributed by atoms with Gasteiger partial charge in [0.1, 0.15) is 0 Å². The minimum Gasteiger partial charge on any atom is -0.347 e. The molecule has 3 rings (SSSR count). The molecule has 2 N–H and O–H groups in total. The van der Waals surface area contributed by atoms with E-state index in [1.54, 1.807) is 13.1 Å². The zero-order valence-electron chi connectivity index (χ0n) is 14.3. The van der Waals surface area contributed by atoms with Gasteiger partial charge in [-0.25, -0.2) is 10.4 Å². The van der Waals surface area contributed by atoms with Crippen molar-refractivity contribution >= 4 is 17.9 Å². The van der Waals surface area contributed by atoms with Gasteiger partial charge in [0.05, 0.1) is 0 Å². The van der Waals surface area contributed by atoms with Crippen LogP contribution in [-0.2, 0) is 5.41 Å². The maximum Gasteiger partial charge on any atom is 0.252 e. The minimum absolute atomic E-state index is 0.0900. The van der Waals surface area contributed by atoms with Crippen molar-refractivity contribution in [3.63, 3.8) is 0 Å². The Kier molecular flexibility index (Phi) is 3.97. The van der Waals surface area contributed by atoms with Crippen LogP contribution in [0.2, 0.25) is 0 Å². The molecule has 1 aliphatic rings. The monoisotopic (exact) mass is 323 g/mol. The van der Waals surface area contributed by atoms with Crippen LogP contribution in [-0.4, -0.2) is 23.2 Å². The fraction of sp³-hybridized carbons (Fsp3) is 0.278. The second kappa shape index (κ2) is 5.96. The van der Waals surface area contributed by atoms with Crippen molar-refractivity contribution in [2.75, 3.05) is 17.4 Å². The maximum atomic E-state index is 11.4. The van der Waals surface area contributed by atoms with E-state index in [1.165, 1.54) is 17.3 Å². The molecule has 0 aliphatic carbocycles. The van der Waals surface area contributed by atoms with Crippen LogP contribution in [0.15, 0.2) is 52.0 Å². The Balaban J connectivity index is 1.81. The summed E-state index contributed by atoms with van der Waals surface area (Å²) in [7, 11) is 2.06. The highest BCUT2D eigenvalue weighted by Gasteiger charge is 2.37. The van der Waals surface area contributed by atoms with Gasteiger partial charge in [-0.1, -0.05) is 32.0 Å². The number of anilines is 2. The molecule has 0 fully saturated rings. The van der Waals surface area contributed by atoms with Crippen molar-refractivity contribution in [2.24, 2.45) is 5.10 Å². The number of likely N-dealkylation sites (N-methyl/N-ethyl adjacent to an activating group) is 1. The Morgan fingerprint density at radius 1 is 1.33 bits per heavy atom. The van der Waals surface area contributed by atoms with Gasteiger partial charge in [-0.2, -0.15) is 5.10 Å². The minimum atomic E-state index is -0.203. The first-order chi connectivity index (χ1) is 11.4. The molecule has 0 unspecified atom stereocenters. The molecule has 0 radical (unpaired) electrons. The average molecular weight is 323 g/mol. The summed E-state index contributed by atoms with van der Waals surface area (Å²) in [6.45, 7) is 6.16. The summed E-state index contributed by atoms with van der Waals surface area (Å²) in [5, 5.41) is 4.14. The molecule has 6 heteroatoms. The number of aryl methyl sites for hydroxylation is 1. The second-order valence-corrected chi connectivity index (χ2v) is 6.38. The Morgan fingerprint density at radius 2 is 2.08 bits per heavy atom. The van der Waals surface area contributed by atoms with E-state index < -0.39 is 0 Å². The number of rotatable bonds is 3. The molecule has 0 atom stereocenters. The standard InChI is InChI=1S/C18H21N5O/c1-12-11-16(24)21-17(20-12)22-19-10-9-15-18(2,3)13-7-5-6-8-14(13)23(15)4/h5-11H,1-4H3,(H2,20,21,22,24). The summed E-state index contributed by atoms with van der Waals surface area (Å²) < 4.78 is 0. The highest BCUT2D eigenvalue weighted by atomic mass is 16.1. The summed E-state index contributed by atoms with van der Waals surface area (Å²) in [6.07, 6.45) is 3.66. The number of aromatic nitrogens is 2. The number of hydrazone groups is 1. The molecule has 0 spiro atoms. The fourth-order valence-electron chi connectivity index (χ4n) is 3.14. The number of nitrogens with zero attached hydrogens (tertiary/aromatic N) is 3. The van der Waals surface area contributed by atoms with E-state index in [4.69, 9.17) is 0 Å². The van der Waals surface area contributed by atoms with E-state index in [0.29, 0.717) is 11.6 Å². The van der Waals surface area contributed by atoms with Crippen LogP contribution in [0.1, 0.15) is 25.1 Å². The zero-order chi connectivity index (χ0) is 17.3. The lowest BCUT2D eigenvalue weighted by Gasteiger charge is -2.23. The summed E-state index contributed by atoms with van der Waals surface area (Å²) in [5.74, 6) is 0.331. The highest BCUT2D eigenvalue weighted by Crippen LogP contribution is 2.46. The third kappa shape index (κ3) is 2.82. The molecule has 2 aromatic rings. The van der Waals surface area contributed by atoms with E-state index in [0.717, 1.165) is 5.70 Å². The molecule has 24 heavy (non-hydrogen) atoms. The number of benzene rings is 1. The van der Waals surface area contributed by atoms with Gasteiger partial charge in [0.25, 0.3) is 5.56 Å². The quantitative estimate of drug-likeness (QED) is 0.673. The normalized spacial score (nSPS) is 17.5. The van der Waals surface area contributed by atoms with Gasteiger partial charge in [-0.05, 0) is 24.6 Å². The summed E-state index contributed by atoms with van der Waals surface area (Å²) in [5.41, 5.74) is 6.76. The molecule has 1 aliphatic heterocycles. The smallest absolute Gasteiger partial charge is 0.252 e. The third-order valence-electron chi connectivity index (χ3n) is 4.29. The first-order valence-corrected chi connectivity index (χ1v) is 7.80.